The smallest absolute Gasteiger partial charge is 0.339 e. The fourth-order valence-corrected chi connectivity index (χ4v) is 3.54. The minimum absolute atomic E-state index is 0.0990. The van der Waals surface area contributed by atoms with Crippen LogP contribution < -0.4 is 5.32 Å². The Hall–Kier alpha value is -3.17. The third-order valence-electron chi connectivity index (χ3n) is 3.95. The number of pyridine rings is 1. The lowest BCUT2D eigenvalue weighted by atomic mass is 10.2. The van der Waals surface area contributed by atoms with Crippen molar-refractivity contribution in [2.45, 2.75) is 11.7 Å². The van der Waals surface area contributed by atoms with Gasteiger partial charge in [-0.25, -0.2) is 4.79 Å². The first-order chi connectivity index (χ1) is 14.5. The normalized spacial score (nSPS) is 10.5. The van der Waals surface area contributed by atoms with Crippen molar-refractivity contribution in [2.75, 3.05) is 18.2 Å². The molecule has 2 heterocycles. The van der Waals surface area contributed by atoms with Crippen molar-refractivity contribution in [3.8, 4) is 11.4 Å². The molecule has 1 N–H and O–H groups in total. The van der Waals surface area contributed by atoms with E-state index in [9.17, 15) is 9.59 Å². The molecule has 0 spiro atoms. The lowest BCUT2D eigenvalue weighted by Crippen LogP contribution is -2.15. The van der Waals surface area contributed by atoms with Crippen LogP contribution in [0.25, 0.3) is 11.4 Å². The molecule has 0 atom stereocenters. The molecule has 0 aliphatic heterocycles. The van der Waals surface area contributed by atoms with Crippen LogP contribution in [0.15, 0.2) is 60.5 Å². The van der Waals surface area contributed by atoms with Gasteiger partial charge in [0.25, 0.3) is 0 Å². The average molecular weight is 444 g/mol. The largest absolute Gasteiger partial charge is 0.465 e. The number of ether oxygens (including phenoxy) is 1. The highest BCUT2D eigenvalue weighted by molar-refractivity contribution is 7.99. The Balaban J connectivity index is 1.70. The van der Waals surface area contributed by atoms with E-state index in [4.69, 9.17) is 11.6 Å². The Labute approximate surface area is 182 Å². The Bertz CT molecular complexity index is 1070. The molecule has 0 aliphatic carbocycles. The first-order valence-corrected chi connectivity index (χ1v) is 10.1. The average Bonchev–Trinajstić information content (AvgIpc) is 3.16. The van der Waals surface area contributed by atoms with Crippen LogP contribution in [0.5, 0.6) is 0 Å². The number of allylic oxidation sites excluding steroid dienone is 1. The van der Waals surface area contributed by atoms with Crippen LogP contribution in [0, 0.1) is 0 Å². The van der Waals surface area contributed by atoms with E-state index < -0.39 is 5.97 Å². The van der Waals surface area contributed by atoms with Crippen LogP contribution in [0.2, 0.25) is 5.02 Å². The van der Waals surface area contributed by atoms with E-state index in [1.807, 2.05) is 16.7 Å². The van der Waals surface area contributed by atoms with Gasteiger partial charge in [-0.05, 0) is 30.3 Å². The van der Waals surface area contributed by atoms with Gasteiger partial charge in [0.05, 0.1) is 23.4 Å². The highest BCUT2D eigenvalue weighted by Crippen LogP contribution is 2.25. The highest BCUT2D eigenvalue weighted by Gasteiger charge is 2.16. The molecule has 154 valence electrons. The zero-order valence-corrected chi connectivity index (χ0v) is 17.6. The van der Waals surface area contributed by atoms with Gasteiger partial charge in [0.2, 0.25) is 5.91 Å². The Morgan fingerprint density at radius 1 is 1.27 bits per heavy atom. The molecule has 0 saturated carbocycles. The number of hydrogen-bond acceptors (Lipinski definition) is 7. The van der Waals surface area contributed by atoms with Gasteiger partial charge >= 0.3 is 5.97 Å². The maximum atomic E-state index is 12.4. The third kappa shape index (κ3) is 5.05. The van der Waals surface area contributed by atoms with Gasteiger partial charge < -0.3 is 10.1 Å². The minimum atomic E-state index is -0.577. The van der Waals surface area contributed by atoms with Gasteiger partial charge in [-0.2, -0.15) is 0 Å². The monoisotopic (exact) mass is 443 g/mol. The van der Waals surface area contributed by atoms with Crippen molar-refractivity contribution in [3.05, 3.63) is 66.0 Å². The number of methoxy groups -OCH3 is 1. The maximum absolute atomic E-state index is 12.4. The predicted octanol–water partition coefficient (Wildman–Crippen LogP) is 3.70. The van der Waals surface area contributed by atoms with E-state index in [0.717, 1.165) is 5.56 Å². The number of aromatic nitrogens is 4. The van der Waals surface area contributed by atoms with E-state index in [1.165, 1.54) is 31.0 Å². The molecule has 0 unspecified atom stereocenters. The molecule has 3 aromatic rings. The summed E-state index contributed by atoms with van der Waals surface area (Å²) in [5, 5.41) is 12.0. The standard InChI is InChI=1S/C20H18ClN5O3S/c1-3-10-26-18(13-6-8-22-9-7-13)24-25-20(26)30-12-17(27)23-14-4-5-16(21)15(11-14)19(28)29-2/h3-9,11H,1,10,12H2,2H3,(H,23,27). The first kappa shape index (κ1) is 21.5. The topological polar surface area (TPSA) is 99.0 Å². The first-order valence-electron chi connectivity index (χ1n) is 8.78. The molecule has 30 heavy (non-hydrogen) atoms. The number of benzene rings is 1. The number of anilines is 1. The van der Waals surface area contributed by atoms with E-state index in [1.54, 1.807) is 24.5 Å². The number of esters is 1. The number of amides is 1. The molecule has 2 aromatic heterocycles. The Morgan fingerprint density at radius 3 is 2.73 bits per heavy atom. The summed E-state index contributed by atoms with van der Waals surface area (Å²) in [6, 6.07) is 8.28. The Kier molecular flexibility index (Phi) is 7.21. The van der Waals surface area contributed by atoms with Gasteiger partial charge in [-0.1, -0.05) is 29.4 Å². The highest BCUT2D eigenvalue weighted by atomic mass is 35.5. The fraction of sp³-hybridized carbons (Fsp3) is 0.150. The van der Waals surface area contributed by atoms with E-state index in [-0.39, 0.29) is 22.2 Å². The number of nitrogens with zero attached hydrogens (tertiary/aromatic N) is 4. The van der Waals surface area contributed by atoms with Crippen molar-refractivity contribution in [1.29, 1.82) is 0 Å². The van der Waals surface area contributed by atoms with Gasteiger partial charge in [0.15, 0.2) is 11.0 Å². The summed E-state index contributed by atoms with van der Waals surface area (Å²) in [6.45, 7) is 4.27. The Morgan fingerprint density at radius 2 is 2.03 bits per heavy atom. The van der Waals surface area contributed by atoms with Crippen molar-refractivity contribution < 1.29 is 14.3 Å². The summed E-state index contributed by atoms with van der Waals surface area (Å²) < 4.78 is 6.56. The molecular weight excluding hydrogens is 426 g/mol. The summed E-state index contributed by atoms with van der Waals surface area (Å²) in [4.78, 5) is 28.2. The molecule has 0 radical (unpaired) electrons. The summed E-state index contributed by atoms with van der Waals surface area (Å²) >= 11 is 7.24. The number of thioether (sulfide) groups is 1. The molecule has 0 aliphatic rings. The molecule has 0 fully saturated rings. The predicted molar refractivity (Wildman–Crippen MR) is 116 cm³/mol. The van der Waals surface area contributed by atoms with Gasteiger partial charge in [0, 0.05) is 30.2 Å². The van der Waals surface area contributed by atoms with Crippen LogP contribution in [-0.2, 0) is 16.1 Å². The van der Waals surface area contributed by atoms with Crippen LogP contribution in [0.3, 0.4) is 0 Å². The molecule has 10 heteroatoms. The lowest BCUT2D eigenvalue weighted by molar-refractivity contribution is -0.113. The number of rotatable bonds is 8. The molecule has 1 amide bonds. The number of carbonyl (C=O) groups is 2. The summed E-state index contributed by atoms with van der Waals surface area (Å²) in [5.41, 5.74) is 1.49. The van der Waals surface area contributed by atoms with E-state index in [2.05, 4.69) is 31.8 Å². The fourth-order valence-electron chi connectivity index (χ4n) is 2.60. The zero-order chi connectivity index (χ0) is 21.5. The van der Waals surface area contributed by atoms with E-state index in [0.29, 0.717) is 23.2 Å². The quantitative estimate of drug-likeness (QED) is 0.322. The lowest BCUT2D eigenvalue weighted by Gasteiger charge is -2.09. The van der Waals surface area contributed by atoms with Gasteiger partial charge in [-0.15, -0.1) is 16.8 Å². The molecule has 0 saturated heterocycles. The van der Waals surface area contributed by atoms with Gasteiger partial charge in [-0.3, -0.25) is 14.3 Å². The number of carbonyl (C=O) groups excluding carboxylic acids is 2. The molecule has 8 nitrogen and oxygen atoms in total. The third-order valence-corrected chi connectivity index (χ3v) is 5.25. The number of hydrogen-bond donors (Lipinski definition) is 1. The van der Waals surface area contributed by atoms with Crippen molar-refractivity contribution >= 4 is 40.9 Å². The minimum Gasteiger partial charge on any atom is -0.465 e. The van der Waals surface area contributed by atoms with Crippen molar-refractivity contribution in [3.63, 3.8) is 0 Å². The molecule has 1 aromatic carbocycles. The molecule has 3 rings (SSSR count). The summed E-state index contributed by atoms with van der Waals surface area (Å²) in [7, 11) is 1.26. The van der Waals surface area contributed by atoms with Crippen LogP contribution in [0.1, 0.15) is 10.4 Å². The number of halogens is 1. The summed E-state index contributed by atoms with van der Waals surface area (Å²) in [6.07, 6.45) is 5.09. The van der Waals surface area contributed by atoms with Crippen molar-refractivity contribution in [2.24, 2.45) is 0 Å². The summed E-state index contributed by atoms with van der Waals surface area (Å²) in [5.74, 6) is -0.0778. The van der Waals surface area contributed by atoms with Crippen LogP contribution in [-0.4, -0.2) is 44.5 Å². The second kappa shape index (κ2) is 10.0. The van der Waals surface area contributed by atoms with Gasteiger partial charge in [0.1, 0.15) is 0 Å². The van der Waals surface area contributed by atoms with Crippen LogP contribution in [0.4, 0.5) is 5.69 Å². The van der Waals surface area contributed by atoms with Crippen molar-refractivity contribution in [1.82, 2.24) is 19.7 Å². The van der Waals surface area contributed by atoms with E-state index >= 15 is 0 Å². The maximum Gasteiger partial charge on any atom is 0.339 e. The zero-order valence-electron chi connectivity index (χ0n) is 16.0. The SMILES string of the molecule is C=CCn1c(SCC(=O)Nc2ccc(Cl)c(C(=O)OC)c2)nnc1-c1ccncc1. The van der Waals surface area contributed by atoms with Crippen LogP contribution >= 0.6 is 23.4 Å². The second-order valence-corrected chi connectivity index (χ2v) is 7.31. The second-order valence-electron chi connectivity index (χ2n) is 5.96. The number of nitrogens with one attached hydrogen (secondary N) is 1. The molecule has 0 bridgehead atoms. The molecular formula is C20H18ClN5O3S.